The minimum absolute atomic E-state index is 0.142. The Balaban J connectivity index is 1.90. The van der Waals surface area contributed by atoms with Gasteiger partial charge in [-0.25, -0.2) is 0 Å². The van der Waals surface area contributed by atoms with Gasteiger partial charge in [0.25, 0.3) is 0 Å². The van der Waals surface area contributed by atoms with Crippen molar-refractivity contribution in [3.8, 4) is 0 Å². The number of aliphatic hydroxyl groups is 1. The predicted octanol–water partition coefficient (Wildman–Crippen LogP) is 0.548. The van der Waals surface area contributed by atoms with Crippen LogP contribution in [0.2, 0.25) is 0 Å². The van der Waals surface area contributed by atoms with Gasteiger partial charge in [0.05, 0.1) is 11.6 Å². The summed E-state index contributed by atoms with van der Waals surface area (Å²) >= 11 is 0. The molecule has 0 spiro atoms. The van der Waals surface area contributed by atoms with Crippen LogP contribution in [-0.4, -0.2) is 35.2 Å². The molecule has 1 heterocycles. The first-order valence-corrected chi connectivity index (χ1v) is 6.40. The van der Waals surface area contributed by atoms with Crippen molar-refractivity contribution in [2.24, 2.45) is 0 Å². The molecule has 1 saturated carbocycles. The number of nitrogens with one attached hydrogen (secondary N) is 2. The maximum Gasteiger partial charge on any atom is 0.240 e. The van der Waals surface area contributed by atoms with Gasteiger partial charge in [-0.1, -0.05) is 13.3 Å². The van der Waals surface area contributed by atoms with Crippen LogP contribution in [0.4, 0.5) is 0 Å². The minimum Gasteiger partial charge on any atom is -0.393 e. The molecule has 1 saturated heterocycles. The van der Waals surface area contributed by atoms with Crippen LogP contribution in [0.25, 0.3) is 0 Å². The van der Waals surface area contributed by atoms with E-state index in [1.165, 1.54) is 0 Å². The van der Waals surface area contributed by atoms with E-state index in [2.05, 4.69) is 17.6 Å². The second kappa shape index (κ2) is 4.72. The Morgan fingerprint density at radius 1 is 1.56 bits per heavy atom. The van der Waals surface area contributed by atoms with Crippen LogP contribution in [0.15, 0.2) is 0 Å². The maximum absolute atomic E-state index is 12.2. The third kappa shape index (κ3) is 2.23. The van der Waals surface area contributed by atoms with Crippen LogP contribution in [0.1, 0.15) is 45.4 Å². The van der Waals surface area contributed by atoms with E-state index in [1.54, 1.807) is 0 Å². The molecular formula is C12H22N2O2. The van der Waals surface area contributed by atoms with Crippen LogP contribution in [0.3, 0.4) is 0 Å². The molecule has 16 heavy (non-hydrogen) atoms. The number of carbonyl (C=O) groups excluding carboxylic acids is 1. The molecule has 3 N–H and O–H groups in total. The third-order valence-corrected chi connectivity index (χ3v) is 3.80. The molecule has 0 aromatic carbocycles. The Kier molecular flexibility index (Phi) is 3.50. The monoisotopic (exact) mass is 226 g/mol. The van der Waals surface area contributed by atoms with Crippen LogP contribution in [0, 0.1) is 0 Å². The van der Waals surface area contributed by atoms with Crippen molar-refractivity contribution in [3.05, 3.63) is 0 Å². The van der Waals surface area contributed by atoms with Crippen LogP contribution in [-0.2, 0) is 4.79 Å². The number of carbonyl (C=O) groups is 1. The SMILES string of the molecule is CCCC1(C(=O)NC2CC(O)C2)CCCN1. The summed E-state index contributed by atoms with van der Waals surface area (Å²) in [5.74, 6) is 0.142. The summed E-state index contributed by atoms with van der Waals surface area (Å²) < 4.78 is 0. The maximum atomic E-state index is 12.2. The zero-order chi connectivity index (χ0) is 11.6. The largest absolute Gasteiger partial charge is 0.393 e. The van der Waals surface area contributed by atoms with Gasteiger partial charge < -0.3 is 15.7 Å². The zero-order valence-corrected chi connectivity index (χ0v) is 9.96. The van der Waals surface area contributed by atoms with E-state index in [0.29, 0.717) is 12.8 Å². The molecule has 1 atom stereocenters. The lowest BCUT2D eigenvalue weighted by Crippen LogP contribution is -2.58. The number of rotatable bonds is 4. The van der Waals surface area contributed by atoms with Crippen molar-refractivity contribution in [1.29, 1.82) is 0 Å². The summed E-state index contributed by atoms with van der Waals surface area (Å²) in [7, 11) is 0. The second-order valence-corrected chi connectivity index (χ2v) is 5.16. The zero-order valence-electron chi connectivity index (χ0n) is 9.96. The third-order valence-electron chi connectivity index (χ3n) is 3.80. The average molecular weight is 226 g/mol. The minimum atomic E-state index is -0.324. The fraction of sp³-hybridized carbons (Fsp3) is 0.917. The molecule has 0 aromatic rings. The number of hydrogen-bond acceptors (Lipinski definition) is 3. The number of aliphatic hydroxyl groups excluding tert-OH is 1. The number of hydrogen-bond donors (Lipinski definition) is 3. The summed E-state index contributed by atoms with van der Waals surface area (Å²) in [6.45, 7) is 3.06. The predicted molar refractivity (Wildman–Crippen MR) is 62.0 cm³/mol. The van der Waals surface area contributed by atoms with Crippen LogP contribution in [0.5, 0.6) is 0 Å². The molecule has 4 heteroatoms. The van der Waals surface area contributed by atoms with Gasteiger partial charge in [-0.2, -0.15) is 0 Å². The van der Waals surface area contributed by atoms with E-state index in [-0.39, 0.29) is 23.6 Å². The molecule has 2 fully saturated rings. The lowest BCUT2D eigenvalue weighted by atomic mass is 9.86. The van der Waals surface area contributed by atoms with Gasteiger partial charge in [0.2, 0.25) is 5.91 Å². The highest BCUT2D eigenvalue weighted by Crippen LogP contribution is 2.27. The summed E-state index contributed by atoms with van der Waals surface area (Å²) in [6, 6.07) is 0.193. The molecule has 1 aliphatic heterocycles. The smallest absolute Gasteiger partial charge is 0.240 e. The van der Waals surface area contributed by atoms with Gasteiger partial charge in [-0.15, -0.1) is 0 Å². The van der Waals surface area contributed by atoms with Gasteiger partial charge in [-0.05, 0) is 38.6 Å². The van der Waals surface area contributed by atoms with Crippen LogP contribution < -0.4 is 10.6 Å². The van der Waals surface area contributed by atoms with Gasteiger partial charge >= 0.3 is 0 Å². The normalized spacial score (nSPS) is 38.1. The van der Waals surface area contributed by atoms with Crippen molar-refractivity contribution >= 4 is 5.91 Å². The standard InChI is InChI=1S/C12H22N2O2/c1-2-4-12(5-3-6-13-12)11(16)14-9-7-10(15)8-9/h9-10,13,15H,2-8H2,1H3,(H,14,16). The Hall–Kier alpha value is -0.610. The van der Waals surface area contributed by atoms with E-state index in [4.69, 9.17) is 0 Å². The molecule has 1 aliphatic carbocycles. The second-order valence-electron chi connectivity index (χ2n) is 5.16. The Morgan fingerprint density at radius 2 is 2.31 bits per heavy atom. The molecule has 0 aromatic heterocycles. The van der Waals surface area contributed by atoms with E-state index < -0.39 is 0 Å². The highest BCUT2D eigenvalue weighted by molar-refractivity contribution is 5.87. The molecule has 2 rings (SSSR count). The summed E-state index contributed by atoms with van der Waals surface area (Å²) in [5, 5.41) is 15.6. The fourth-order valence-corrected chi connectivity index (χ4v) is 2.78. The van der Waals surface area contributed by atoms with E-state index >= 15 is 0 Å². The highest BCUT2D eigenvalue weighted by atomic mass is 16.3. The average Bonchev–Trinajstić information content (AvgIpc) is 2.66. The molecule has 92 valence electrons. The molecule has 0 radical (unpaired) electrons. The lowest BCUT2D eigenvalue weighted by Gasteiger charge is -2.36. The first-order chi connectivity index (χ1) is 7.66. The topological polar surface area (TPSA) is 61.4 Å². The van der Waals surface area contributed by atoms with Crippen LogP contribution >= 0.6 is 0 Å². The summed E-state index contributed by atoms with van der Waals surface area (Å²) in [4.78, 5) is 12.2. The summed E-state index contributed by atoms with van der Waals surface area (Å²) in [5.41, 5.74) is -0.324. The molecule has 2 aliphatic rings. The Morgan fingerprint density at radius 3 is 2.81 bits per heavy atom. The Labute approximate surface area is 96.8 Å². The molecule has 1 amide bonds. The molecule has 0 bridgehead atoms. The van der Waals surface area contributed by atoms with Crippen molar-refractivity contribution in [2.45, 2.75) is 63.1 Å². The Bertz CT molecular complexity index is 256. The van der Waals surface area contributed by atoms with Crippen molar-refractivity contribution < 1.29 is 9.90 Å². The van der Waals surface area contributed by atoms with Gasteiger partial charge in [-0.3, -0.25) is 4.79 Å². The fourth-order valence-electron chi connectivity index (χ4n) is 2.78. The van der Waals surface area contributed by atoms with Gasteiger partial charge in [0, 0.05) is 6.04 Å². The van der Waals surface area contributed by atoms with E-state index in [1.807, 2.05) is 0 Å². The van der Waals surface area contributed by atoms with Crippen molar-refractivity contribution in [1.82, 2.24) is 10.6 Å². The number of amides is 1. The first-order valence-electron chi connectivity index (χ1n) is 6.40. The first kappa shape index (κ1) is 11.9. The highest BCUT2D eigenvalue weighted by Gasteiger charge is 2.41. The molecule has 4 nitrogen and oxygen atoms in total. The van der Waals surface area contributed by atoms with Crippen molar-refractivity contribution in [3.63, 3.8) is 0 Å². The van der Waals surface area contributed by atoms with Crippen molar-refractivity contribution in [2.75, 3.05) is 6.54 Å². The quantitative estimate of drug-likeness (QED) is 0.656. The lowest BCUT2D eigenvalue weighted by molar-refractivity contribution is -0.129. The van der Waals surface area contributed by atoms with E-state index in [9.17, 15) is 9.90 Å². The van der Waals surface area contributed by atoms with Gasteiger partial charge in [0.15, 0.2) is 0 Å². The summed E-state index contributed by atoms with van der Waals surface area (Å²) in [6.07, 6.45) is 5.19. The molecular weight excluding hydrogens is 204 g/mol. The van der Waals surface area contributed by atoms with Gasteiger partial charge in [0.1, 0.15) is 0 Å². The molecule has 1 unspecified atom stereocenters. The van der Waals surface area contributed by atoms with E-state index in [0.717, 1.165) is 32.2 Å².